The summed E-state index contributed by atoms with van der Waals surface area (Å²) in [5.41, 5.74) is 0. The number of hydrogen-bond donors (Lipinski definition) is 5. The molecule has 0 aromatic carbocycles. The quantitative estimate of drug-likeness (QED) is 0.330. The van der Waals surface area contributed by atoms with Gasteiger partial charge in [-0.05, 0) is 0 Å². The van der Waals surface area contributed by atoms with Crippen molar-refractivity contribution in [3.05, 3.63) is 0 Å². The van der Waals surface area contributed by atoms with Crippen molar-refractivity contribution in [3.63, 3.8) is 0 Å². The Balaban J connectivity index is 4.32. The Morgan fingerprint density at radius 3 is 1.94 bits per heavy atom. The highest BCUT2D eigenvalue weighted by molar-refractivity contribution is 5.82. The summed E-state index contributed by atoms with van der Waals surface area (Å²) in [6, 6.07) is -2.16. The third kappa shape index (κ3) is 4.91. The molecular formula is C8H16N2O6. The van der Waals surface area contributed by atoms with E-state index in [1.54, 1.807) is 0 Å². The van der Waals surface area contributed by atoms with E-state index in [2.05, 4.69) is 5.32 Å². The van der Waals surface area contributed by atoms with Gasteiger partial charge in [-0.2, -0.15) is 0 Å². The van der Waals surface area contributed by atoms with Gasteiger partial charge in [0.05, 0.1) is 19.8 Å². The van der Waals surface area contributed by atoms with Gasteiger partial charge in [-0.1, -0.05) is 0 Å². The van der Waals surface area contributed by atoms with Crippen molar-refractivity contribution in [1.82, 2.24) is 10.2 Å². The largest absolute Gasteiger partial charge is 0.480 e. The van der Waals surface area contributed by atoms with E-state index in [9.17, 15) is 9.59 Å². The van der Waals surface area contributed by atoms with Crippen molar-refractivity contribution in [2.75, 3.05) is 32.9 Å². The Bertz CT molecular complexity index is 229. The summed E-state index contributed by atoms with van der Waals surface area (Å²) >= 11 is 0. The predicted molar refractivity (Wildman–Crippen MR) is 52.8 cm³/mol. The monoisotopic (exact) mass is 236 g/mol. The number of aliphatic carboxylic acids is 1. The highest BCUT2D eigenvalue weighted by atomic mass is 16.4. The molecule has 1 unspecified atom stereocenters. The van der Waals surface area contributed by atoms with E-state index in [1.807, 2.05) is 0 Å². The molecule has 2 amide bonds. The Kier molecular flexibility index (Phi) is 7.18. The summed E-state index contributed by atoms with van der Waals surface area (Å²) < 4.78 is 0. The molecule has 0 spiro atoms. The molecule has 0 aliphatic heterocycles. The molecule has 0 aliphatic rings. The Morgan fingerprint density at radius 2 is 1.62 bits per heavy atom. The zero-order chi connectivity index (χ0) is 12.6. The number of hydrogen-bond acceptors (Lipinski definition) is 5. The molecule has 0 heterocycles. The Labute approximate surface area is 92.1 Å². The minimum absolute atomic E-state index is 0.0236. The van der Waals surface area contributed by atoms with Crippen LogP contribution in [0.25, 0.3) is 0 Å². The normalized spacial score (nSPS) is 11.9. The first-order valence-electron chi connectivity index (χ1n) is 4.67. The van der Waals surface area contributed by atoms with Crippen LogP contribution in [-0.2, 0) is 4.79 Å². The molecule has 0 bridgehead atoms. The molecule has 0 rings (SSSR count). The van der Waals surface area contributed by atoms with Crippen LogP contribution in [0.5, 0.6) is 0 Å². The molecule has 0 fully saturated rings. The number of carboxylic acid groups (broad SMARTS) is 1. The van der Waals surface area contributed by atoms with Gasteiger partial charge in [-0.3, -0.25) is 0 Å². The number of aliphatic hydroxyl groups excluding tert-OH is 3. The maximum atomic E-state index is 11.4. The van der Waals surface area contributed by atoms with Gasteiger partial charge >= 0.3 is 12.0 Å². The number of nitrogens with one attached hydrogen (secondary N) is 1. The van der Waals surface area contributed by atoms with E-state index in [1.165, 1.54) is 0 Å². The first kappa shape index (κ1) is 14.6. The second-order valence-electron chi connectivity index (χ2n) is 2.96. The summed E-state index contributed by atoms with van der Waals surface area (Å²) in [5, 5.41) is 36.6. The number of rotatable bonds is 7. The number of urea groups is 1. The average molecular weight is 236 g/mol. The van der Waals surface area contributed by atoms with Gasteiger partial charge in [-0.15, -0.1) is 0 Å². The van der Waals surface area contributed by atoms with Crippen molar-refractivity contribution in [1.29, 1.82) is 0 Å². The molecule has 0 radical (unpaired) electrons. The highest BCUT2D eigenvalue weighted by Crippen LogP contribution is 1.91. The molecular weight excluding hydrogens is 220 g/mol. The number of carbonyl (C=O) groups is 2. The van der Waals surface area contributed by atoms with Crippen LogP contribution in [0.2, 0.25) is 0 Å². The van der Waals surface area contributed by atoms with Gasteiger partial charge in [0.1, 0.15) is 0 Å². The zero-order valence-electron chi connectivity index (χ0n) is 8.67. The summed E-state index contributed by atoms with van der Waals surface area (Å²) in [4.78, 5) is 23.0. The molecule has 94 valence electrons. The number of nitrogens with zero attached hydrogens (tertiary/aromatic N) is 1. The second-order valence-corrected chi connectivity index (χ2v) is 2.96. The molecule has 0 aliphatic carbocycles. The van der Waals surface area contributed by atoms with Gasteiger partial charge < -0.3 is 30.6 Å². The van der Waals surface area contributed by atoms with Crippen molar-refractivity contribution >= 4 is 12.0 Å². The first-order chi connectivity index (χ1) is 7.56. The number of carboxylic acids is 1. The molecule has 8 nitrogen and oxygen atoms in total. The molecule has 5 N–H and O–H groups in total. The van der Waals surface area contributed by atoms with Crippen LogP contribution in [-0.4, -0.2) is 76.3 Å². The van der Waals surface area contributed by atoms with E-state index in [-0.39, 0.29) is 26.3 Å². The maximum Gasteiger partial charge on any atom is 0.328 e. The fourth-order valence-electron chi connectivity index (χ4n) is 0.982. The maximum absolute atomic E-state index is 11.4. The molecule has 0 saturated heterocycles. The molecule has 16 heavy (non-hydrogen) atoms. The van der Waals surface area contributed by atoms with Gasteiger partial charge in [0.25, 0.3) is 0 Å². The van der Waals surface area contributed by atoms with E-state index < -0.39 is 24.6 Å². The van der Waals surface area contributed by atoms with Crippen LogP contribution in [0.15, 0.2) is 0 Å². The van der Waals surface area contributed by atoms with Crippen LogP contribution < -0.4 is 5.32 Å². The minimum Gasteiger partial charge on any atom is -0.480 e. The van der Waals surface area contributed by atoms with Crippen molar-refractivity contribution < 1.29 is 30.0 Å². The average Bonchev–Trinajstić information content (AvgIpc) is 2.24. The number of aliphatic hydroxyl groups is 3. The summed E-state index contributed by atoms with van der Waals surface area (Å²) in [6.07, 6.45) is 0. The van der Waals surface area contributed by atoms with E-state index in [0.717, 1.165) is 4.90 Å². The molecule has 8 heteroatoms. The minimum atomic E-state index is -1.40. The molecule has 0 aromatic heterocycles. The van der Waals surface area contributed by atoms with Crippen LogP contribution >= 0.6 is 0 Å². The van der Waals surface area contributed by atoms with Crippen LogP contribution in [0, 0.1) is 0 Å². The van der Waals surface area contributed by atoms with Crippen LogP contribution in [0.4, 0.5) is 4.79 Å². The Morgan fingerprint density at radius 1 is 1.12 bits per heavy atom. The Hall–Kier alpha value is -1.38. The second kappa shape index (κ2) is 7.85. The van der Waals surface area contributed by atoms with Crippen molar-refractivity contribution in [2.45, 2.75) is 6.04 Å². The van der Waals surface area contributed by atoms with Crippen molar-refractivity contribution in [2.24, 2.45) is 0 Å². The van der Waals surface area contributed by atoms with E-state index >= 15 is 0 Å². The van der Waals surface area contributed by atoms with Crippen molar-refractivity contribution in [3.8, 4) is 0 Å². The van der Waals surface area contributed by atoms with E-state index in [0.29, 0.717) is 0 Å². The van der Waals surface area contributed by atoms with Gasteiger partial charge in [0.15, 0.2) is 6.04 Å². The van der Waals surface area contributed by atoms with Crippen LogP contribution in [0.1, 0.15) is 0 Å². The van der Waals surface area contributed by atoms with E-state index in [4.69, 9.17) is 20.4 Å². The first-order valence-corrected chi connectivity index (χ1v) is 4.67. The number of carbonyl (C=O) groups excluding carboxylic acids is 1. The lowest BCUT2D eigenvalue weighted by Crippen LogP contribution is -2.50. The van der Waals surface area contributed by atoms with Gasteiger partial charge in [0, 0.05) is 13.1 Å². The third-order valence-corrected chi connectivity index (χ3v) is 1.81. The molecule has 1 atom stereocenters. The fraction of sp³-hybridized carbons (Fsp3) is 0.750. The lowest BCUT2D eigenvalue weighted by atomic mass is 10.3. The molecule has 0 aromatic rings. The number of amides is 2. The standard InChI is InChI=1S/C8H16N2O6/c11-3-1-10(2-4-12)8(16)9-6(5-13)7(14)15/h6,11-13H,1-5H2,(H,9,16)(H,14,15). The summed E-state index contributed by atoms with van der Waals surface area (Å²) in [6.45, 7) is -1.38. The van der Waals surface area contributed by atoms with Gasteiger partial charge in [-0.25, -0.2) is 9.59 Å². The molecule has 0 saturated carbocycles. The van der Waals surface area contributed by atoms with Gasteiger partial charge in [0.2, 0.25) is 0 Å². The third-order valence-electron chi connectivity index (χ3n) is 1.81. The predicted octanol–water partition coefficient (Wildman–Crippen LogP) is -2.57. The van der Waals surface area contributed by atoms with Crippen LogP contribution in [0.3, 0.4) is 0 Å². The lowest BCUT2D eigenvalue weighted by molar-refractivity contribution is -0.140. The highest BCUT2D eigenvalue weighted by Gasteiger charge is 2.21. The SMILES string of the molecule is O=C(O)C(CO)NC(=O)N(CCO)CCO. The lowest BCUT2D eigenvalue weighted by Gasteiger charge is -2.23. The summed E-state index contributed by atoms with van der Waals surface area (Å²) in [5.74, 6) is -1.36. The topological polar surface area (TPSA) is 130 Å². The summed E-state index contributed by atoms with van der Waals surface area (Å²) in [7, 11) is 0. The fourth-order valence-corrected chi connectivity index (χ4v) is 0.982. The zero-order valence-corrected chi connectivity index (χ0v) is 8.67. The smallest absolute Gasteiger partial charge is 0.328 e.